The van der Waals surface area contributed by atoms with E-state index in [0.717, 1.165) is 5.56 Å². The molecule has 0 saturated carbocycles. The van der Waals surface area contributed by atoms with Gasteiger partial charge in [-0.1, -0.05) is 11.8 Å². The Kier molecular flexibility index (Phi) is 3.26. The number of rotatable bonds is 2. The molecule has 0 aliphatic rings. The smallest absolute Gasteiger partial charge is 0.234 e. The van der Waals surface area contributed by atoms with Crippen LogP contribution in [0.1, 0.15) is 5.56 Å². The molecule has 5 heteroatoms. The molecule has 0 atom stereocenters. The summed E-state index contributed by atoms with van der Waals surface area (Å²) in [6.07, 6.45) is 8.53. The third-order valence-electron chi connectivity index (χ3n) is 1.87. The van der Waals surface area contributed by atoms with E-state index in [2.05, 4.69) is 32.1 Å². The van der Waals surface area contributed by atoms with Gasteiger partial charge in [0.25, 0.3) is 0 Å². The Morgan fingerprint density at radius 3 is 2.81 bits per heavy atom. The maximum absolute atomic E-state index is 4.19. The first kappa shape index (κ1) is 10.3. The van der Waals surface area contributed by atoms with Crippen LogP contribution < -0.4 is 5.32 Å². The molecule has 0 aromatic carbocycles. The average molecular weight is 213 g/mol. The highest BCUT2D eigenvalue weighted by molar-refractivity contribution is 5.31. The van der Waals surface area contributed by atoms with Crippen molar-refractivity contribution in [3.05, 3.63) is 36.7 Å². The van der Waals surface area contributed by atoms with Crippen LogP contribution in [-0.4, -0.2) is 33.1 Å². The van der Waals surface area contributed by atoms with E-state index in [1.165, 1.54) is 0 Å². The fourth-order valence-electron chi connectivity index (χ4n) is 1.13. The van der Waals surface area contributed by atoms with Crippen molar-refractivity contribution in [1.82, 2.24) is 24.8 Å². The molecule has 5 nitrogen and oxygen atoms in total. The van der Waals surface area contributed by atoms with E-state index in [1.54, 1.807) is 35.7 Å². The second-order valence-electron chi connectivity index (χ2n) is 3.07. The molecule has 0 spiro atoms. The second kappa shape index (κ2) is 5.05. The van der Waals surface area contributed by atoms with Crippen molar-refractivity contribution in [2.45, 2.75) is 0 Å². The van der Waals surface area contributed by atoms with E-state index in [0.29, 0.717) is 12.5 Å². The minimum atomic E-state index is 0.594. The standard InChI is InChI=1S/C11H11N5/c1-12-4-2-3-10-7-14-11(15-8-10)16-6-5-13-9-16/h5-9,12H,4H2,1H3. The Hall–Kier alpha value is -2.19. The number of nitrogens with one attached hydrogen (secondary N) is 1. The van der Waals surface area contributed by atoms with Crippen LogP contribution in [0.5, 0.6) is 0 Å². The van der Waals surface area contributed by atoms with Gasteiger partial charge < -0.3 is 5.32 Å². The van der Waals surface area contributed by atoms with Gasteiger partial charge in [0.15, 0.2) is 0 Å². The molecule has 0 bridgehead atoms. The van der Waals surface area contributed by atoms with Crippen LogP contribution >= 0.6 is 0 Å². The summed E-state index contributed by atoms with van der Waals surface area (Å²) in [5.41, 5.74) is 0.805. The van der Waals surface area contributed by atoms with Crippen LogP contribution in [0.2, 0.25) is 0 Å². The zero-order valence-electron chi connectivity index (χ0n) is 8.88. The lowest BCUT2D eigenvalue weighted by Gasteiger charge is -1.98. The van der Waals surface area contributed by atoms with E-state index in [4.69, 9.17) is 0 Å². The maximum Gasteiger partial charge on any atom is 0.234 e. The Morgan fingerprint density at radius 2 is 2.19 bits per heavy atom. The van der Waals surface area contributed by atoms with Gasteiger partial charge in [-0.15, -0.1) is 0 Å². The SMILES string of the molecule is CNCC#Cc1cnc(-n2ccnc2)nc1. The van der Waals surface area contributed by atoms with Gasteiger partial charge >= 0.3 is 0 Å². The summed E-state index contributed by atoms with van der Waals surface area (Å²) in [6, 6.07) is 0. The number of aromatic nitrogens is 4. The first-order valence-corrected chi connectivity index (χ1v) is 4.84. The molecule has 1 N–H and O–H groups in total. The van der Waals surface area contributed by atoms with Crippen molar-refractivity contribution in [3.8, 4) is 17.8 Å². The van der Waals surface area contributed by atoms with E-state index in [-0.39, 0.29) is 0 Å². The van der Waals surface area contributed by atoms with Crippen LogP contribution in [-0.2, 0) is 0 Å². The van der Waals surface area contributed by atoms with E-state index in [9.17, 15) is 0 Å². The molecule has 16 heavy (non-hydrogen) atoms. The van der Waals surface area contributed by atoms with Crippen LogP contribution in [0.25, 0.3) is 5.95 Å². The summed E-state index contributed by atoms with van der Waals surface area (Å²) in [6.45, 7) is 0.656. The maximum atomic E-state index is 4.19. The van der Waals surface area contributed by atoms with E-state index in [1.807, 2.05) is 7.05 Å². The summed E-state index contributed by atoms with van der Waals surface area (Å²) < 4.78 is 1.74. The lowest BCUT2D eigenvalue weighted by Crippen LogP contribution is -2.04. The molecule has 2 aromatic rings. The Bertz CT molecular complexity index is 489. The number of imidazole rings is 1. The molecule has 0 unspecified atom stereocenters. The van der Waals surface area contributed by atoms with Gasteiger partial charge in [0.1, 0.15) is 6.33 Å². The second-order valence-corrected chi connectivity index (χ2v) is 3.07. The Labute approximate surface area is 93.6 Å². The highest BCUT2D eigenvalue weighted by Gasteiger charge is 1.97. The number of hydrogen-bond donors (Lipinski definition) is 1. The first-order valence-electron chi connectivity index (χ1n) is 4.84. The third-order valence-corrected chi connectivity index (χ3v) is 1.87. The summed E-state index contributed by atoms with van der Waals surface area (Å²) in [5, 5.41) is 2.94. The topological polar surface area (TPSA) is 55.6 Å². The number of hydrogen-bond acceptors (Lipinski definition) is 4. The molecule has 0 amide bonds. The van der Waals surface area contributed by atoms with Gasteiger partial charge in [-0.25, -0.2) is 15.0 Å². The van der Waals surface area contributed by atoms with Gasteiger partial charge in [-0.05, 0) is 7.05 Å². The largest absolute Gasteiger partial charge is 0.309 e. The van der Waals surface area contributed by atoms with E-state index >= 15 is 0 Å². The molecule has 0 fully saturated rings. The van der Waals surface area contributed by atoms with Crippen LogP contribution in [0, 0.1) is 11.8 Å². The summed E-state index contributed by atoms with van der Waals surface area (Å²) in [5.74, 6) is 6.50. The summed E-state index contributed by atoms with van der Waals surface area (Å²) >= 11 is 0. The van der Waals surface area contributed by atoms with Crippen LogP contribution in [0.3, 0.4) is 0 Å². The van der Waals surface area contributed by atoms with Gasteiger partial charge in [-0.2, -0.15) is 0 Å². The van der Waals surface area contributed by atoms with E-state index < -0.39 is 0 Å². The zero-order valence-corrected chi connectivity index (χ0v) is 8.88. The molecule has 0 aliphatic heterocycles. The summed E-state index contributed by atoms with van der Waals surface area (Å²) in [4.78, 5) is 12.3. The van der Waals surface area contributed by atoms with Crippen molar-refractivity contribution in [1.29, 1.82) is 0 Å². The van der Waals surface area contributed by atoms with Crippen LogP contribution in [0.4, 0.5) is 0 Å². The van der Waals surface area contributed by atoms with Crippen molar-refractivity contribution >= 4 is 0 Å². The molecule has 2 rings (SSSR count). The quantitative estimate of drug-likeness (QED) is 0.726. The van der Waals surface area contributed by atoms with Crippen molar-refractivity contribution in [2.24, 2.45) is 0 Å². The molecule has 0 radical (unpaired) electrons. The Balaban J connectivity index is 2.15. The lowest BCUT2D eigenvalue weighted by atomic mass is 10.3. The molecule has 0 saturated heterocycles. The molecular weight excluding hydrogens is 202 g/mol. The molecule has 80 valence electrons. The van der Waals surface area contributed by atoms with Crippen molar-refractivity contribution in [2.75, 3.05) is 13.6 Å². The zero-order chi connectivity index (χ0) is 11.2. The minimum Gasteiger partial charge on any atom is -0.309 e. The molecule has 2 aromatic heterocycles. The summed E-state index contributed by atoms with van der Waals surface area (Å²) in [7, 11) is 1.85. The van der Waals surface area contributed by atoms with Gasteiger partial charge in [0.2, 0.25) is 5.95 Å². The lowest BCUT2D eigenvalue weighted by molar-refractivity contribution is 0.922. The molecule has 2 heterocycles. The highest BCUT2D eigenvalue weighted by atomic mass is 15.2. The van der Waals surface area contributed by atoms with Crippen LogP contribution in [0.15, 0.2) is 31.1 Å². The monoisotopic (exact) mass is 213 g/mol. The molecule has 0 aliphatic carbocycles. The number of nitrogens with zero attached hydrogens (tertiary/aromatic N) is 4. The normalized spacial score (nSPS) is 9.56. The highest BCUT2D eigenvalue weighted by Crippen LogP contribution is 1.99. The third kappa shape index (κ3) is 2.43. The predicted molar refractivity (Wildman–Crippen MR) is 60.0 cm³/mol. The van der Waals surface area contributed by atoms with Gasteiger partial charge in [0.05, 0.1) is 12.1 Å². The van der Waals surface area contributed by atoms with Gasteiger partial charge in [-0.3, -0.25) is 4.57 Å². The van der Waals surface area contributed by atoms with Gasteiger partial charge in [0, 0.05) is 24.8 Å². The fourth-order valence-corrected chi connectivity index (χ4v) is 1.13. The average Bonchev–Trinajstić information content (AvgIpc) is 2.84. The first-order chi connectivity index (χ1) is 7.90. The van der Waals surface area contributed by atoms with Crippen molar-refractivity contribution in [3.63, 3.8) is 0 Å². The predicted octanol–water partition coefficient (Wildman–Crippen LogP) is 0.233. The van der Waals surface area contributed by atoms with Crippen molar-refractivity contribution < 1.29 is 0 Å². The minimum absolute atomic E-state index is 0.594. The fraction of sp³-hybridized carbons (Fsp3) is 0.182. The molecular formula is C11H11N5. The Morgan fingerprint density at radius 1 is 1.38 bits per heavy atom.